The van der Waals surface area contributed by atoms with Crippen LogP contribution in [0, 0.1) is 5.92 Å². The van der Waals surface area contributed by atoms with E-state index in [0.29, 0.717) is 0 Å². The first-order valence-corrected chi connectivity index (χ1v) is 5.21. The lowest BCUT2D eigenvalue weighted by Gasteiger charge is -2.17. The fourth-order valence-corrected chi connectivity index (χ4v) is 1.72. The van der Waals surface area contributed by atoms with E-state index in [1.54, 1.807) is 7.11 Å². The van der Waals surface area contributed by atoms with Crippen molar-refractivity contribution in [1.29, 1.82) is 0 Å². The first-order chi connectivity index (χ1) is 6.33. The van der Waals surface area contributed by atoms with E-state index in [9.17, 15) is 0 Å². The molecular formula is C10H22N2O. The molecule has 0 spiro atoms. The van der Waals surface area contributed by atoms with Gasteiger partial charge < -0.3 is 15.0 Å². The number of nitrogens with one attached hydrogen (secondary N) is 1. The monoisotopic (exact) mass is 186 g/mol. The predicted molar refractivity (Wildman–Crippen MR) is 55.0 cm³/mol. The molecule has 3 nitrogen and oxygen atoms in total. The van der Waals surface area contributed by atoms with Gasteiger partial charge in [0.2, 0.25) is 0 Å². The Labute approximate surface area is 81.4 Å². The van der Waals surface area contributed by atoms with Crippen molar-refractivity contribution < 1.29 is 4.74 Å². The molecular weight excluding hydrogens is 164 g/mol. The number of hydrogen-bond donors (Lipinski definition) is 1. The largest absolute Gasteiger partial charge is 0.383 e. The summed E-state index contributed by atoms with van der Waals surface area (Å²) in [5, 5.41) is 3.40. The van der Waals surface area contributed by atoms with Gasteiger partial charge in [-0.1, -0.05) is 0 Å². The van der Waals surface area contributed by atoms with E-state index in [-0.39, 0.29) is 0 Å². The number of rotatable bonds is 6. The molecule has 0 radical (unpaired) electrons. The summed E-state index contributed by atoms with van der Waals surface area (Å²) in [6.07, 6.45) is 2.69. The number of hydrogen-bond acceptors (Lipinski definition) is 3. The molecule has 1 rings (SSSR count). The van der Waals surface area contributed by atoms with Gasteiger partial charge in [-0.3, -0.25) is 0 Å². The van der Waals surface area contributed by atoms with Crippen LogP contribution in [-0.4, -0.2) is 51.8 Å². The Morgan fingerprint density at radius 2 is 2.31 bits per heavy atom. The molecule has 1 heterocycles. The van der Waals surface area contributed by atoms with Crippen LogP contribution in [0.3, 0.4) is 0 Å². The predicted octanol–water partition coefficient (Wildman–Crippen LogP) is 0.564. The molecule has 0 aromatic rings. The minimum atomic E-state index is 0.847. The van der Waals surface area contributed by atoms with Crippen molar-refractivity contribution in [2.75, 3.05) is 46.9 Å². The maximum Gasteiger partial charge on any atom is 0.0589 e. The summed E-state index contributed by atoms with van der Waals surface area (Å²) in [5.74, 6) is 0.907. The third-order valence-corrected chi connectivity index (χ3v) is 2.76. The van der Waals surface area contributed by atoms with Crippen molar-refractivity contribution in [2.45, 2.75) is 12.8 Å². The summed E-state index contributed by atoms with van der Waals surface area (Å²) in [5.41, 5.74) is 0. The Bertz CT molecular complexity index is 124. The molecule has 13 heavy (non-hydrogen) atoms. The van der Waals surface area contributed by atoms with Gasteiger partial charge in [0, 0.05) is 13.7 Å². The van der Waals surface area contributed by atoms with E-state index in [4.69, 9.17) is 4.74 Å². The zero-order valence-electron chi connectivity index (χ0n) is 8.88. The van der Waals surface area contributed by atoms with E-state index in [2.05, 4.69) is 17.3 Å². The van der Waals surface area contributed by atoms with Gasteiger partial charge in [-0.25, -0.2) is 0 Å². The van der Waals surface area contributed by atoms with E-state index in [1.165, 1.54) is 32.5 Å². The van der Waals surface area contributed by atoms with Crippen LogP contribution >= 0.6 is 0 Å². The third kappa shape index (κ3) is 4.60. The minimum Gasteiger partial charge on any atom is -0.383 e. The minimum absolute atomic E-state index is 0.847. The molecule has 78 valence electrons. The molecule has 0 aromatic heterocycles. The number of ether oxygens (including phenoxy) is 1. The highest BCUT2D eigenvalue weighted by Crippen LogP contribution is 2.11. The summed E-state index contributed by atoms with van der Waals surface area (Å²) < 4.78 is 5.03. The van der Waals surface area contributed by atoms with E-state index < -0.39 is 0 Å². The van der Waals surface area contributed by atoms with E-state index in [0.717, 1.165) is 19.1 Å². The van der Waals surface area contributed by atoms with Gasteiger partial charge in [-0.15, -0.1) is 0 Å². The van der Waals surface area contributed by atoms with Gasteiger partial charge in [0.1, 0.15) is 0 Å². The second-order valence-corrected chi connectivity index (χ2v) is 3.94. The van der Waals surface area contributed by atoms with Gasteiger partial charge in [-0.2, -0.15) is 0 Å². The Morgan fingerprint density at radius 1 is 1.46 bits per heavy atom. The van der Waals surface area contributed by atoms with E-state index >= 15 is 0 Å². The van der Waals surface area contributed by atoms with Crippen LogP contribution in [0.15, 0.2) is 0 Å². The second kappa shape index (κ2) is 6.35. The lowest BCUT2D eigenvalue weighted by molar-refractivity contribution is 0.158. The average Bonchev–Trinajstić information content (AvgIpc) is 2.64. The molecule has 1 fully saturated rings. The molecule has 0 aliphatic carbocycles. The van der Waals surface area contributed by atoms with Crippen LogP contribution in [-0.2, 0) is 4.74 Å². The lowest BCUT2D eigenvalue weighted by Crippen LogP contribution is -2.25. The Balaban J connectivity index is 1.97. The van der Waals surface area contributed by atoms with Crippen molar-refractivity contribution in [2.24, 2.45) is 5.92 Å². The Morgan fingerprint density at radius 3 is 2.92 bits per heavy atom. The fraction of sp³-hybridized carbons (Fsp3) is 1.00. The first kappa shape index (κ1) is 11.0. The molecule has 0 bridgehead atoms. The van der Waals surface area contributed by atoms with Crippen molar-refractivity contribution in [3.05, 3.63) is 0 Å². The van der Waals surface area contributed by atoms with Crippen LogP contribution in [0.1, 0.15) is 12.8 Å². The van der Waals surface area contributed by atoms with Gasteiger partial charge in [0.25, 0.3) is 0 Å². The van der Waals surface area contributed by atoms with Crippen LogP contribution in [0.2, 0.25) is 0 Å². The third-order valence-electron chi connectivity index (χ3n) is 2.76. The molecule has 1 aliphatic heterocycles. The maximum atomic E-state index is 5.03. The van der Waals surface area contributed by atoms with Gasteiger partial charge in [0.05, 0.1) is 6.61 Å². The molecule has 1 N–H and O–H groups in total. The topological polar surface area (TPSA) is 24.5 Å². The van der Waals surface area contributed by atoms with Gasteiger partial charge >= 0.3 is 0 Å². The van der Waals surface area contributed by atoms with E-state index in [1.807, 2.05) is 0 Å². The standard InChI is InChI=1S/C10H22N2O/c1-12(7-8-13-2)6-4-10-3-5-11-9-10/h10-11H,3-9H2,1-2H3. The van der Waals surface area contributed by atoms with Crippen LogP contribution in [0.5, 0.6) is 0 Å². The summed E-state index contributed by atoms with van der Waals surface area (Å²) in [4.78, 5) is 2.35. The van der Waals surface area contributed by atoms with Crippen molar-refractivity contribution in [1.82, 2.24) is 10.2 Å². The molecule has 0 amide bonds. The number of likely N-dealkylation sites (N-methyl/N-ethyl adjacent to an activating group) is 1. The number of methoxy groups -OCH3 is 1. The molecule has 1 unspecified atom stereocenters. The smallest absolute Gasteiger partial charge is 0.0589 e. The average molecular weight is 186 g/mol. The van der Waals surface area contributed by atoms with Crippen LogP contribution < -0.4 is 5.32 Å². The highest BCUT2D eigenvalue weighted by Gasteiger charge is 2.14. The SMILES string of the molecule is COCCN(C)CCC1CCNC1. The molecule has 1 aliphatic rings. The Hall–Kier alpha value is -0.120. The van der Waals surface area contributed by atoms with Gasteiger partial charge in [-0.05, 0) is 45.4 Å². The molecule has 0 aromatic carbocycles. The lowest BCUT2D eigenvalue weighted by atomic mass is 10.1. The zero-order valence-corrected chi connectivity index (χ0v) is 8.88. The van der Waals surface area contributed by atoms with Crippen LogP contribution in [0.25, 0.3) is 0 Å². The summed E-state index contributed by atoms with van der Waals surface area (Å²) in [7, 11) is 3.93. The van der Waals surface area contributed by atoms with Gasteiger partial charge in [0.15, 0.2) is 0 Å². The summed E-state index contributed by atoms with van der Waals surface area (Å²) >= 11 is 0. The van der Waals surface area contributed by atoms with Crippen molar-refractivity contribution >= 4 is 0 Å². The van der Waals surface area contributed by atoms with Crippen LogP contribution in [0.4, 0.5) is 0 Å². The molecule has 1 saturated heterocycles. The highest BCUT2D eigenvalue weighted by molar-refractivity contribution is 4.71. The van der Waals surface area contributed by atoms with Crippen molar-refractivity contribution in [3.63, 3.8) is 0 Å². The fourth-order valence-electron chi connectivity index (χ4n) is 1.72. The zero-order chi connectivity index (χ0) is 9.52. The quantitative estimate of drug-likeness (QED) is 0.656. The Kier molecular flexibility index (Phi) is 5.35. The normalized spacial score (nSPS) is 22.8. The number of nitrogens with zero attached hydrogens (tertiary/aromatic N) is 1. The summed E-state index contributed by atoms with van der Waals surface area (Å²) in [6.45, 7) is 5.54. The molecule has 3 heteroatoms. The second-order valence-electron chi connectivity index (χ2n) is 3.94. The maximum absolute atomic E-state index is 5.03. The molecule has 1 atom stereocenters. The highest BCUT2D eigenvalue weighted by atomic mass is 16.5. The first-order valence-electron chi connectivity index (χ1n) is 5.21. The summed E-state index contributed by atoms with van der Waals surface area (Å²) in [6, 6.07) is 0. The van der Waals surface area contributed by atoms with Crippen molar-refractivity contribution in [3.8, 4) is 0 Å². The molecule has 0 saturated carbocycles.